The third-order valence-corrected chi connectivity index (χ3v) is 7.26. The Kier molecular flexibility index (Phi) is 10.7. The van der Waals surface area contributed by atoms with Gasteiger partial charge in [0.25, 0.3) is 0 Å². The van der Waals surface area contributed by atoms with Crippen molar-refractivity contribution >= 4 is 17.8 Å². The Hall–Kier alpha value is -3.17. The summed E-state index contributed by atoms with van der Waals surface area (Å²) < 4.78 is 16.8. The number of aromatic nitrogens is 2. The summed E-state index contributed by atoms with van der Waals surface area (Å²) in [6.45, 7) is 8.69. The van der Waals surface area contributed by atoms with Crippen molar-refractivity contribution in [1.29, 1.82) is 0 Å². The first-order chi connectivity index (χ1) is 18.5. The predicted octanol–water partition coefficient (Wildman–Crippen LogP) is 3.58. The van der Waals surface area contributed by atoms with Gasteiger partial charge in [0.1, 0.15) is 12.1 Å². The van der Waals surface area contributed by atoms with E-state index in [4.69, 9.17) is 14.2 Å². The molecule has 216 valence electrons. The lowest BCUT2D eigenvalue weighted by atomic mass is 9.92. The highest BCUT2D eigenvalue weighted by molar-refractivity contribution is 5.91. The molecule has 0 aromatic carbocycles. The van der Waals surface area contributed by atoms with Crippen molar-refractivity contribution in [3.05, 3.63) is 23.9 Å². The highest BCUT2D eigenvalue weighted by atomic mass is 16.5. The SMILES string of the molecule is CCOC(=O)C1CCC=CCCCCN(C)C(=O)C2CC(Oc3cc(C(C)(C)C)nc(OC)n3)CC2C(=O)N1. The van der Waals surface area contributed by atoms with E-state index in [1.807, 2.05) is 26.8 Å². The summed E-state index contributed by atoms with van der Waals surface area (Å²) in [6, 6.07) is 1.20. The highest BCUT2D eigenvalue weighted by Crippen LogP contribution is 2.37. The zero-order valence-corrected chi connectivity index (χ0v) is 24.2. The third kappa shape index (κ3) is 8.41. The molecule has 10 nitrogen and oxygen atoms in total. The maximum atomic E-state index is 13.6. The minimum atomic E-state index is -0.777. The minimum Gasteiger partial charge on any atom is -0.474 e. The molecular formula is C29H44N4O6. The molecule has 0 spiro atoms. The first-order valence-corrected chi connectivity index (χ1v) is 14.0. The van der Waals surface area contributed by atoms with E-state index in [0.717, 1.165) is 25.0 Å². The van der Waals surface area contributed by atoms with E-state index in [0.29, 0.717) is 38.1 Å². The number of allylic oxidation sites excluding steroid dienone is 2. The second-order valence-corrected chi connectivity index (χ2v) is 11.4. The monoisotopic (exact) mass is 544 g/mol. The fraction of sp³-hybridized carbons (Fsp3) is 0.690. The van der Waals surface area contributed by atoms with Gasteiger partial charge in [0.2, 0.25) is 17.7 Å². The number of esters is 1. The van der Waals surface area contributed by atoms with Gasteiger partial charge in [0.15, 0.2) is 0 Å². The van der Waals surface area contributed by atoms with Crippen LogP contribution < -0.4 is 14.8 Å². The van der Waals surface area contributed by atoms with Gasteiger partial charge >= 0.3 is 12.0 Å². The average Bonchev–Trinajstić information content (AvgIpc) is 3.31. The molecule has 4 atom stereocenters. The number of rotatable bonds is 5. The Morgan fingerprint density at radius 2 is 1.82 bits per heavy atom. The summed E-state index contributed by atoms with van der Waals surface area (Å²) in [5.74, 6) is -1.76. The molecule has 1 saturated carbocycles. The molecule has 1 aliphatic heterocycles. The molecule has 2 heterocycles. The second-order valence-electron chi connectivity index (χ2n) is 11.4. The van der Waals surface area contributed by atoms with E-state index in [9.17, 15) is 14.4 Å². The number of fused-ring (bicyclic) bond motifs is 1. The van der Waals surface area contributed by atoms with Crippen molar-refractivity contribution < 1.29 is 28.6 Å². The van der Waals surface area contributed by atoms with Crippen LogP contribution in [0.15, 0.2) is 18.2 Å². The lowest BCUT2D eigenvalue weighted by Gasteiger charge is -2.25. The summed E-state index contributed by atoms with van der Waals surface area (Å²) >= 11 is 0. The smallest absolute Gasteiger partial charge is 0.328 e. The van der Waals surface area contributed by atoms with Gasteiger partial charge in [-0.25, -0.2) is 4.79 Å². The fourth-order valence-corrected chi connectivity index (χ4v) is 5.03. The van der Waals surface area contributed by atoms with E-state index in [1.165, 1.54) is 7.11 Å². The highest BCUT2D eigenvalue weighted by Gasteiger charge is 2.45. The quantitative estimate of drug-likeness (QED) is 0.441. The summed E-state index contributed by atoms with van der Waals surface area (Å²) in [5, 5.41) is 2.89. The maximum Gasteiger partial charge on any atom is 0.328 e. The van der Waals surface area contributed by atoms with Crippen LogP contribution >= 0.6 is 0 Å². The molecule has 0 saturated heterocycles. The zero-order valence-electron chi connectivity index (χ0n) is 24.2. The largest absolute Gasteiger partial charge is 0.474 e. The number of amides is 2. The van der Waals surface area contributed by atoms with E-state index in [1.54, 1.807) is 24.9 Å². The molecule has 1 N–H and O–H groups in total. The van der Waals surface area contributed by atoms with Gasteiger partial charge in [-0.1, -0.05) is 32.9 Å². The van der Waals surface area contributed by atoms with Gasteiger partial charge in [-0.2, -0.15) is 9.97 Å². The molecule has 1 aromatic rings. The summed E-state index contributed by atoms with van der Waals surface area (Å²) in [5.41, 5.74) is 0.504. The molecule has 1 aromatic heterocycles. The van der Waals surface area contributed by atoms with Crippen LogP contribution in [0.25, 0.3) is 0 Å². The molecule has 1 aliphatic carbocycles. The Bertz CT molecular complexity index is 1040. The number of ether oxygens (including phenoxy) is 3. The Morgan fingerprint density at radius 3 is 2.51 bits per heavy atom. The number of carbonyl (C=O) groups excluding carboxylic acids is 3. The maximum absolute atomic E-state index is 13.6. The molecule has 4 unspecified atom stereocenters. The number of carbonyl (C=O) groups is 3. The molecule has 10 heteroatoms. The third-order valence-electron chi connectivity index (χ3n) is 7.26. The molecule has 0 bridgehead atoms. The average molecular weight is 545 g/mol. The van der Waals surface area contributed by atoms with Gasteiger partial charge in [-0.05, 0) is 51.9 Å². The van der Waals surface area contributed by atoms with Crippen LogP contribution in [-0.4, -0.2) is 72.1 Å². The van der Waals surface area contributed by atoms with Gasteiger partial charge in [-0.15, -0.1) is 0 Å². The van der Waals surface area contributed by atoms with Crippen molar-refractivity contribution in [3.63, 3.8) is 0 Å². The topological polar surface area (TPSA) is 120 Å². The number of hydrogen-bond donors (Lipinski definition) is 1. The molecule has 2 amide bonds. The fourth-order valence-electron chi connectivity index (χ4n) is 5.03. The van der Waals surface area contributed by atoms with E-state index in [2.05, 4.69) is 21.4 Å². The predicted molar refractivity (Wildman–Crippen MR) is 146 cm³/mol. The van der Waals surface area contributed by atoms with Crippen LogP contribution in [0.4, 0.5) is 0 Å². The number of methoxy groups -OCH3 is 1. The van der Waals surface area contributed by atoms with Crippen LogP contribution in [0.1, 0.15) is 78.3 Å². The van der Waals surface area contributed by atoms with Crippen LogP contribution in [0.5, 0.6) is 11.9 Å². The Balaban J connectivity index is 1.87. The van der Waals surface area contributed by atoms with Gasteiger partial charge < -0.3 is 24.4 Å². The number of nitrogens with zero attached hydrogens (tertiary/aromatic N) is 3. The number of hydrogen-bond acceptors (Lipinski definition) is 8. The van der Waals surface area contributed by atoms with Crippen molar-refractivity contribution in [1.82, 2.24) is 20.2 Å². The first kappa shape index (κ1) is 30.4. The lowest BCUT2D eigenvalue weighted by Crippen LogP contribution is -2.47. The van der Waals surface area contributed by atoms with Crippen molar-refractivity contribution in [2.75, 3.05) is 27.3 Å². The normalized spacial score (nSPS) is 25.2. The van der Waals surface area contributed by atoms with E-state index >= 15 is 0 Å². The van der Waals surface area contributed by atoms with Gasteiger partial charge in [0, 0.05) is 25.1 Å². The summed E-state index contributed by atoms with van der Waals surface area (Å²) in [7, 11) is 3.28. The van der Waals surface area contributed by atoms with Crippen LogP contribution in [0.2, 0.25) is 0 Å². The first-order valence-electron chi connectivity index (χ1n) is 14.0. The van der Waals surface area contributed by atoms with Crippen molar-refractivity contribution in [2.24, 2.45) is 11.8 Å². The van der Waals surface area contributed by atoms with Crippen molar-refractivity contribution in [2.45, 2.75) is 90.2 Å². The van der Waals surface area contributed by atoms with E-state index < -0.39 is 30.0 Å². The van der Waals surface area contributed by atoms with Crippen molar-refractivity contribution in [3.8, 4) is 11.9 Å². The zero-order chi connectivity index (χ0) is 28.6. The number of nitrogens with one attached hydrogen (secondary N) is 1. The standard InChI is InChI=1S/C29H44N4O6/c1-7-38-27(36)22-14-12-10-8-9-11-13-15-33(5)26(35)21-17-19(16-20(21)25(34)30-22)39-24-18-23(29(2,3)4)31-28(32-24)37-6/h8,10,18-22H,7,9,11-17H2,1-6H3,(H,30,34). The Morgan fingerprint density at radius 1 is 1.10 bits per heavy atom. The van der Waals surface area contributed by atoms with Crippen LogP contribution in [0, 0.1) is 11.8 Å². The van der Waals surface area contributed by atoms with Crippen LogP contribution in [0.3, 0.4) is 0 Å². The summed E-state index contributed by atoms with van der Waals surface area (Å²) in [6.07, 6.45) is 8.21. The molecular weight excluding hydrogens is 500 g/mol. The van der Waals surface area contributed by atoms with E-state index in [-0.39, 0.29) is 29.8 Å². The van der Waals surface area contributed by atoms with Gasteiger partial charge in [-0.3, -0.25) is 9.59 Å². The molecule has 2 aliphatic rings. The second kappa shape index (κ2) is 13.8. The lowest BCUT2D eigenvalue weighted by molar-refractivity contribution is -0.148. The molecule has 39 heavy (non-hydrogen) atoms. The summed E-state index contributed by atoms with van der Waals surface area (Å²) in [4.78, 5) is 50.3. The molecule has 0 radical (unpaired) electrons. The minimum absolute atomic E-state index is 0.0880. The van der Waals surface area contributed by atoms with Gasteiger partial charge in [0.05, 0.1) is 31.2 Å². The van der Waals surface area contributed by atoms with Crippen LogP contribution in [-0.2, 0) is 24.5 Å². The Labute approximate surface area is 231 Å². The molecule has 1 fully saturated rings. The molecule has 3 rings (SSSR count).